The van der Waals surface area contributed by atoms with Crippen LogP contribution in [0.25, 0.3) is 0 Å². The van der Waals surface area contributed by atoms with Crippen LogP contribution in [0.4, 0.5) is 4.70 Å². The molecule has 0 aliphatic rings. The van der Waals surface area contributed by atoms with E-state index in [-0.39, 0.29) is 21.7 Å². The quantitative estimate of drug-likeness (QED) is 0.124. The first-order chi connectivity index (χ1) is 8.00. The fourth-order valence-electron chi connectivity index (χ4n) is 0. The Balaban J connectivity index is -0.0000000376. The van der Waals surface area contributed by atoms with Crippen molar-refractivity contribution in [3.63, 3.8) is 0 Å². The predicted octanol–water partition coefficient (Wildman–Crippen LogP) is -2.43. The molecule has 0 bridgehead atoms. The zero-order valence-electron chi connectivity index (χ0n) is 9.45. The maximum absolute atomic E-state index is 8.88. The molecule has 0 atom stereocenters. The molecule has 0 aromatic heterocycles. The van der Waals surface area contributed by atoms with E-state index >= 15 is 0 Å². The maximum Gasteiger partial charge on any atom is 0.466 e. The second-order valence-electron chi connectivity index (χ2n) is 1.92. The summed E-state index contributed by atoms with van der Waals surface area (Å²) in [5, 5.41) is 0. The zero-order valence-corrected chi connectivity index (χ0v) is 14.6. The van der Waals surface area contributed by atoms with Gasteiger partial charge in [0.2, 0.25) is 0 Å². The van der Waals surface area contributed by atoms with Crippen LogP contribution in [-0.2, 0) is 29.9 Å². The summed E-state index contributed by atoms with van der Waals surface area (Å²) >= 11 is 0. The Morgan fingerprint density at radius 3 is 0.545 bits per heavy atom. The van der Waals surface area contributed by atoms with Crippen LogP contribution < -0.4 is 0 Å². The normalized spacial score (nSPS) is 10.6. The van der Waals surface area contributed by atoms with Crippen LogP contribution in [0.1, 0.15) is 0 Å². The van der Waals surface area contributed by atoms with Crippen LogP contribution in [0, 0.1) is 0 Å². The van der Waals surface area contributed by atoms with E-state index < -0.39 is 36.4 Å². The first-order valence-corrected chi connectivity index (χ1v) is 8.89. The lowest BCUT2D eigenvalue weighted by Gasteiger charge is -1.82. The fraction of sp³-hybridized carbons (Fsp3) is 0. The van der Waals surface area contributed by atoms with Gasteiger partial charge in [0.05, 0.1) is 0 Å². The molecule has 0 radical (unpaired) electrons. The highest BCUT2D eigenvalue weighted by atomic mass is 79.9. The van der Waals surface area contributed by atoms with Gasteiger partial charge >= 0.3 is 36.4 Å². The average Bonchev–Trinajstić information content (AvgIpc) is 1.62. The molecule has 16 nitrogen and oxygen atoms in total. The van der Waals surface area contributed by atoms with Gasteiger partial charge in [-0.15, -0.1) is 17.0 Å². The standard InChI is InChI=1S/BrH.FH.2H3O4P.2H2O4S/c;;4*1-5(2,3)4/h2*1H;2*(H3,1,2,3,4);2*(H2,1,2,3,4). The van der Waals surface area contributed by atoms with E-state index in [1.165, 1.54) is 0 Å². The van der Waals surface area contributed by atoms with Crippen molar-refractivity contribution >= 4 is 53.4 Å². The summed E-state index contributed by atoms with van der Waals surface area (Å²) in [4.78, 5) is 43.1. The first kappa shape index (κ1) is 38.1. The van der Waals surface area contributed by atoms with Crippen molar-refractivity contribution in [1.29, 1.82) is 0 Å². The predicted molar refractivity (Wildman–Crippen MR) is 69.7 cm³/mol. The fourth-order valence-corrected chi connectivity index (χ4v) is 0. The molecule has 22 heavy (non-hydrogen) atoms. The topological polar surface area (TPSA) is 305 Å². The number of hydrogen-bond acceptors (Lipinski definition) is 6. The smallest absolute Gasteiger partial charge is 0.303 e. The van der Waals surface area contributed by atoms with Crippen LogP contribution in [0.2, 0.25) is 0 Å². The third kappa shape index (κ3) is 55800. The van der Waals surface area contributed by atoms with Crippen LogP contribution in [0.3, 0.4) is 0 Å². The van der Waals surface area contributed by atoms with E-state index in [1.807, 2.05) is 0 Å². The molecule has 144 valence electrons. The highest BCUT2D eigenvalue weighted by molar-refractivity contribution is 8.93. The molecule has 0 aromatic carbocycles. The Hall–Kier alpha value is 0.370. The van der Waals surface area contributed by atoms with E-state index in [1.54, 1.807) is 0 Å². The third-order valence-electron chi connectivity index (χ3n) is 0. The van der Waals surface area contributed by atoms with Gasteiger partial charge in [0.25, 0.3) is 0 Å². The number of phosphoric acid groups is 2. The van der Waals surface area contributed by atoms with Crippen LogP contribution in [0.15, 0.2) is 0 Å². The lowest BCUT2D eigenvalue weighted by Crippen LogP contribution is -1.89. The van der Waals surface area contributed by atoms with Crippen molar-refractivity contribution in [1.82, 2.24) is 0 Å². The minimum Gasteiger partial charge on any atom is -0.303 e. The molecule has 0 amide bonds. The SMILES string of the molecule is Br.F.O=P(O)(O)O.O=P(O)(O)O.O=S(=O)(O)O.O=S(=O)(O)O. The number of hydrogen-bond donors (Lipinski definition) is 10. The van der Waals surface area contributed by atoms with Crippen molar-refractivity contribution in [2.75, 3.05) is 0 Å². The minimum absolute atomic E-state index is 0. The Morgan fingerprint density at radius 1 is 0.545 bits per heavy atom. The summed E-state index contributed by atoms with van der Waals surface area (Å²) in [5.41, 5.74) is 0. The molecule has 0 spiro atoms. The highest BCUT2D eigenvalue weighted by Crippen LogP contribution is 2.26. The monoisotopic (exact) mass is 492 g/mol. The van der Waals surface area contributed by atoms with Gasteiger partial charge in [-0.3, -0.25) is 22.9 Å². The van der Waals surface area contributed by atoms with Gasteiger partial charge in [0, 0.05) is 0 Å². The second kappa shape index (κ2) is 14.9. The molecule has 10 N–H and O–H groups in total. The molecule has 0 aliphatic heterocycles. The maximum atomic E-state index is 8.88. The lowest BCUT2D eigenvalue weighted by atomic mass is 15.8. The van der Waals surface area contributed by atoms with Crippen molar-refractivity contribution in [3.05, 3.63) is 0 Å². The van der Waals surface area contributed by atoms with Gasteiger partial charge in [-0.25, -0.2) is 9.13 Å². The summed E-state index contributed by atoms with van der Waals surface area (Å²) in [6.45, 7) is 0. The molecular weight excluding hydrogens is 481 g/mol. The average molecular weight is 493 g/mol. The molecule has 0 fully saturated rings. The van der Waals surface area contributed by atoms with Gasteiger partial charge in [0.15, 0.2) is 0 Å². The summed E-state index contributed by atoms with van der Waals surface area (Å²) in [6, 6.07) is 0. The molecule has 0 saturated heterocycles. The third-order valence-corrected chi connectivity index (χ3v) is 0. The van der Waals surface area contributed by atoms with E-state index in [2.05, 4.69) is 0 Å². The van der Waals surface area contributed by atoms with Gasteiger partial charge in [-0.05, 0) is 0 Å². The van der Waals surface area contributed by atoms with Gasteiger partial charge < -0.3 is 29.4 Å². The Morgan fingerprint density at radius 2 is 0.545 bits per heavy atom. The van der Waals surface area contributed by atoms with Crippen molar-refractivity contribution in [3.8, 4) is 0 Å². The largest absolute Gasteiger partial charge is 0.466 e. The molecule has 22 heteroatoms. The van der Waals surface area contributed by atoms with Gasteiger partial charge in [-0.2, -0.15) is 16.8 Å². The van der Waals surface area contributed by atoms with Crippen molar-refractivity contribution < 1.29 is 78.2 Å². The van der Waals surface area contributed by atoms with E-state index in [0.29, 0.717) is 0 Å². The molecule has 0 rings (SSSR count). The zero-order chi connectivity index (χ0) is 18.0. The Bertz CT molecular complexity index is 436. The Kier molecular flexibility index (Phi) is 25.9. The summed E-state index contributed by atoms with van der Waals surface area (Å²) in [5.74, 6) is 0. The Labute approximate surface area is 132 Å². The summed E-state index contributed by atoms with van der Waals surface area (Å²) in [6.07, 6.45) is 0. The van der Waals surface area contributed by atoms with Crippen molar-refractivity contribution in [2.45, 2.75) is 0 Å². The molecule has 0 saturated carbocycles. The van der Waals surface area contributed by atoms with Crippen molar-refractivity contribution in [2.24, 2.45) is 0 Å². The lowest BCUT2D eigenvalue weighted by molar-refractivity contribution is 0.272. The molecule has 0 unspecified atom stereocenters. The number of halogens is 2. The molecule has 0 heterocycles. The van der Waals surface area contributed by atoms with Crippen LogP contribution in [0.5, 0.6) is 0 Å². The molecular formula is H12BrFO16P2S2. The van der Waals surface area contributed by atoms with Gasteiger partial charge in [0.1, 0.15) is 0 Å². The van der Waals surface area contributed by atoms with Gasteiger partial charge in [-0.1, -0.05) is 0 Å². The van der Waals surface area contributed by atoms with E-state index in [9.17, 15) is 0 Å². The minimum atomic E-state index is -4.67. The molecule has 0 aromatic rings. The van der Waals surface area contributed by atoms with E-state index in [4.69, 9.17) is 73.5 Å². The van der Waals surface area contributed by atoms with Crippen LogP contribution in [-0.4, -0.2) is 64.4 Å². The summed E-state index contributed by atoms with van der Waals surface area (Å²) in [7, 11) is -18.6. The second-order valence-corrected chi connectivity index (χ2v) is 5.77. The van der Waals surface area contributed by atoms with Crippen LogP contribution >= 0.6 is 32.6 Å². The summed E-state index contributed by atoms with van der Waals surface area (Å²) < 4.78 is 80.9. The van der Waals surface area contributed by atoms with E-state index in [0.717, 1.165) is 0 Å². The highest BCUT2D eigenvalue weighted by Gasteiger charge is 2.00. The number of rotatable bonds is 0. The first-order valence-electron chi connectivity index (χ1n) is 2.96. The molecule has 0 aliphatic carbocycles.